The summed E-state index contributed by atoms with van der Waals surface area (Å²) >= 11 is 5.87. The second-order valence-corrected chi connectivity index (χ2v) is 5.63. The predicted molar refractivity (Wildman–Crippen MR) is 70.5 cm³/mol. The number of rotatable bonds is 4. The summed E-state index contributed by atoms with van der Waals surface area (Å²) in [5.41, 5.74) is 0. The van der Waals surface area contributed by atoms with Crippen molar-refractivity contribution in [1.29, 1.82) is 0 Å². The highest BCUT2D eigenvalue weighted by atomic mass is 32.1. The molecule has 9 heteroatoms. The molecule has 0 saturated heterocycles. The molecular formula is C9H14N4O3S2. The van der Waals surface area contributed by atoms with E-state index in [1.807, 2.05) is 13.8 Å². The van der Waals surface area contributed by atoms with Gasteiger partial charge < -0.3 is 5.11 Å². The van der Waals surface area contributed by atoms with Gasteiger partial charge in [-0.25, -0.2) is 14.5 Å². The number of hydrogen-bond donors (Lipinski definition) is 3. The smallest absolute Gasteiger partial charge is 0.415 e. The van der Waals surface area contributed by atoms with Gasteiger partial charge >= 0.3 is 12.1 Å². The topological polar surface area (TPSA) is 98.3 Å². The van der Waals surface area contributed by atoms with E-state index in [9.17, 15) is 9.59 Å². The molecule has 0 bridgehead atoms. The SMILES string of the molecule is CC(C)CCN(C(=O)O)C(=O)Nc1n[nH]c(=S)s1. The maximum Gasteiger partial charge on any atom is 0.415 e. The molecule has 1 aromatic rings. The van der Waals surface area contributed by atoms with Crippen LogP contribution in [0.2, 0.25) is 0 Å². The summed E-state index contributed by atoms with van der Waals surface area (Å²) < 4.78 is 0.411. The largest absolute Gasteiger partial charge is 0.465 e. The van der Waals surface area contributed by atoms with Crippen molar-refractivity contribution >= 4 is 40.8 Å². The highest BCUT2D eigenvalue weighted by Gasteiger charge is 2.21. The Hall–Kier alpha value is -1.48. The zero-order valence-electron chi connectivity index (χ0n) is 9.97. The second kappa shape index (κ2) is 6.45. The lowest BCUT2D eigenvalue weighted by Gasteiger charge is -2.17. The first-order valence-corrected chi connectivity index (χ1v) is 6.49. The summed E-state index contributed by atoms with van der Waals surface area (Å²) in [7, 11) is 0. The number of carbonyl (C=O) groups is 2. The molecule has 0 unspecified atom stereocenters. The van der Waals surface area contributed by atoms with Gasteiger partial charge in [0.1, 0.15) is 0 Å². The first-order valence-electron chi connectivity index (χ1n) is 5.27. The van der Waals surface area contributed by atoms with Crippen molar-refractivity contribution in [3.63, 3.8) is 0 Å². The number of carbonyl (C=O) groups excluding carboxylic acids is 1. The van der Waals surface area contributed by atoms with Crippen LogP contribution in [0.3, 0.4) is 0 Å². The Morgan fingerprint density at radius 3 is 2.72 bits per heavy atom. The number of urea groups is 1. The molecule has 100 valence electrons. The first-order chi connectivity index (χ1) is 8.40. The van der Waals surface area contributed by atoms with Crippen molar-refractivity contribution in [2.45, 2.75) is 20.3 Å². The summed E-state index contributed by atoms with van der Waals surface area (Å²) in [5.74, 6) is 0.312. The molecule has 0 radical (unpaired) electrons. The zero-order chi connectivity index (χ0) is 13.7. The Labute approximate surface area is 113 Å². The molecule has 0 aliphatic heterocycles. The standard InChI is InChI=1S/C9H14N4O3S2/c1-5(2)3-4-13(9(15)16)7(14)10-6-11-12-8(17)18-6/h5H,3-4H2,1-2H3,(H,12,17)(H,15,16)(H,10,11,14). The van der Waals surface area contributed by atoms with Gasteiger partial charge in [-0.05, 0) is 24.6 Å². The summed E-state index contributed by atoms with van der Waals surface area (Å²) in [6.45, 7) is 4.06. The number of carboxylic acid groups (broad SMARTS) is 1. The minimum atomic E-state index is -1.28. The van der Waals surface area contributed by atoms with Crippen molar-refractivity contribution in [1.82, 2.24) is 15.1 Å². The Kier molecular flexibility index (Phi) is 5.23. The molecule has 0 aliphatic rings. The van der Waals surface area contributed by atoms with Gasteiger partial charge in [0.25, 0.3) is 0 Å². The van der Waals surface area contributed by atoms with Crippen molar-refractivity contribution in [2.24, 2.45) is 5.92 Å². The van der Waals surface area contributed by atoms with Gasteiger partial charge in [-0.3, -0.25) is 10.4 Å². The summed E-state index contributed by atoms with van der Waals surface area (Å²) in [5, 5.41) is 17.8. The lowest BCUT2D eigenvalue weighted by atomic mass is 10.1. The van der Waals surface area contributed by atoms with Crippen LogP contribution in [0.5, 0.6) is 0 Å². The fraction of sp³-hybridized carbons (Fsp3) is 0.556. The normalized spacial score (nSPS) is 10.4. The molecule has 0 saturated carbocycles. The van der Waals surface area contributed by atoms with Crippen molar-refractivity contribution < 1.29 is 14.7 Å². The van der Waals surface area contributed by atoms with Crippen LogP contribution in [0.25, 0.3) is 0 Å². The average molecular weight is 290 g/mol. The molecular weight excluding hydrogens is 276 g/mol. The van der Waals surface area contributed by atoms with Crippen molar-refractivity contribution in [3.8, 4) is 0 Å². The first kappa shape index (κ1) is 14.6. The van der Waals surface area contributed by atoms with Gasteiger partial charge in [-0.2, -0.15) is 0 Å². The maximum atomic E-state index is 11.7. The molecule has 0 aliphatic carbocycles. The van der Waals surface area contributed by atoms with Crippen LogP contribution >= 0.6 is 23.6 Å². The molecule has 0 atom stereocenters. The number of hydrogen-bond acceptors (Lipinski definition) is 5. The summed E-state index contributed by atoms with van der Waals surface area (Å²) in [6.07, 6.45) is -0.678. The third-order valence-electron chi connectivity index (χ3n) is 2.06. The van der Waals surface area contributed by atoms with Crippen LogP contribution in [0, 0.1) is 9.87 Å². The molecule has 18 heavy (non-hydrogen) atoms. The highest BCUT2D eigenvalue weighted by Crippen LogP contribution is 2.12. The van der Waals surface area contributed by atoms with Gasteiger partial charge in [0.05, 0.1) is 0 Å². The number of H-pyrrole nitrogens is 1. The highest BCUT2D eigenvalue weighted by molar-refractivity contribution is 7.73. The Morgan fingerprint density at radius 1 is 1.61 bits per heavy atom. The lowest BCUT2D eigenvalue weighted by Crippen LogP contribution is -2.40. The van der Waals surface area contributed by atoms with Gasteiger partial charge in [0.2, 0.25) is 5.13 Å². The molecule has 0 aromatic carbocycles. The summed E-state index contributed by atoms with van der Waals surface area (Å²) in [4.78, 5) is 23.4. The fourth-order valence-corrected chi connectivity index (χ4v) is 1.89. The maximum absolute atomic E-state index is 11.7. The second-order valence-electron chi connectivity index (χ2n) is 3.97. The van der Waals surface area contributed by atoms with Crippen LogP contribution in [-0.4, -0.2) is 38.9 Å². The van der Waals surface area contributed by atoms with E-state index >= 15 is 0 Å². The van der Waals surface area contributed by atoms with E-state index in [1.54, 1.807) is 0 Å². The van der Waals surface area contributed by atoms with Gasteiger partial charge in [-0.15, -0.1) is 5.10 Å². The van der Waals surface area contributed by atoms with Crippen LogP contribution in [0.1, 0.15) is 20.3 Å². The minimum Gasteiger partial charge on any atom is -0.465 e. The molecule has 7 nitrogen and oxygen atoms in total. The minimum absolute atomic E-state index is 0.147. The Balaban J connectivity index is 2.65. The summed E-state index contributed by atoms with van der Waals surface area (Å²) in [6, 6.07) is -0.721. The number of nitrogens with one attached hydrogen (secondary N) is 2. The van der Waals surface area contributed by atoms with Crippen LogP contribution in [0.15, 0.2) is 0 Å². The number of imide groups is 1. The molecule has 1 heterocycles. The average Bonchev–Trinajstić information content (AvgIpc) is 2.63. The van der Waals surface area contributed by atoms with E-state index in [0.29, 0.717) is 16.3 Å². The number of anilines is 1. The zero-order valence-corrected chi connectivity index (χ0v) is 11.6. The Morgan fingerprint density at radius 2 is 2.28 bits per heavy atom. The Bertz CT molecular complexity index is 482. The monoisotopic (exact) mass is 290 g/mol. The molecule has 1 aromatic heterocycles. The number of aromatic amines is 1. The fourth-order valence-electron chi connectivity index (χ4n) is 1.11. The van der Waals surface area contributed by atoms with Crippen LogP contribution in [-0.2, 0) is 0 Å². The van der Waals surface area contributed by atoms with Crippen LogP contribution in [0.4, 0.5) is 14.7 Å². The number of amides is 3. The van der Waals surface area contributed by atoms with E-state index in [4.69, 9.17) is 17.3 Å². The van der Waals surface area contributed by atoms with Crippen LogP contribution < -0.4 is 5.32 Å². The molecule has 0 fully saturated rings. The third-order valence-corrected chi connectivity index (χ3v) is 3.06. The van der Waals surface area contributed by atoms with Crippen molar-refractivity contribution in [3.05, 3.63) is 3.95 Å². The molecule has 1 rings (SSSR count). The van der Waals surface area contributed by atoms with E-state index < -0.39 is 12.1 Å². The quantitative estimate of drug-likeness (QED) is 0.741. The van der Waals surface area contributed by atoms with Gasteiger partial charge in [0, 0.05) is 6.54 Å². The molecule has 3 N–H and O–H groups in total. The van der Waals surface area contributed by atoms with E-state index in [-0.39, 0.29) is 11.7 Å². The number of nitrogens with zero attached hydrogens (tertiary/aromatic N) is 2. The van der Waals surface area contributed by atoms with E-state index in [0.717, 1.165) is 16.2 Å². The lowest BCUT2D eigenvalue weighted by molar-refractivity contribution is 0.151. The third kappa shape index (κ3) is 4.41. The van der Waals surface area contributed by atoms with Gasteiger partial charge in [-0.1, -0.05) is 25.2 Å². The number of aromatic nitrogens is 2. The predicted octanol–water partition coefficient (Wildman–Crippen LogP) is 2.76. The van der Waals surface area contributed by atoms with E-state index in [2.05, 4.69) is 15.5 Å². The van der Waals surface area contributed by atoms with E-state index in [1.165, 1.54) is 0 Å². The molecule has 3 amide bonds. The van der Waals surface area contributed by atoms with Crippen molar-refractivity contribution in [2.75, 3.05) is 11.9 Å². The molecule has 0 spiro atoms. The van der Waals surface area contributed by atoms with Gasteiger partial charge in [0.15, 0.2) is 3.95 Å².